The highest BCUT2D eigenvalue weighted by atomic mass is 79.9. The largest absolute Gasteiger partial charge is 0.493 e. The van der Waals surface area contributed by atoms with Gasteiger partial charge in [-0.2, -0.15) is 0 Å². The number of carbonyl (C=O) groups excluding carboxylic acids is 2. The van der Waals surface area contributed by atoms with Gasteiger partial charge in [0.1, 0.15) is 6.61 Å². The molecule has 2 rings (SSSR count). The maximum absolute atomic E-state index is 12.1. The molecule has 0 saturated carbocycles. The molecule has 0 bridgehead atoms. The molecule has 1 aliphatic rings. The zero-order valence-corrected chi connectivity index (χ0v) is 17.2. The van der Waals surface area contributed by atoms with E-state index in [4.69, 9.17) is 9.47 Å². The number of benzene rings is 1. The number of hydrogen-bond acceptors (Lipinski definition) is 4. The summed E-state index contributed by atoms with van der Waals surface area (Å²) in [6, 6.07) is 0.750. The molecule has 1 aromatic carbocycles. The first-order chi connectivity index (χ1) is 11.8. The summed E-state index contributed by atoms with van der Waals surface area (Å²) in [5.41, 5.74) is 1.68. The van der Waals surface area contributed by atoms with Crippen molar-refractivity contribution in [2.45, 2.75) is 19.9 Å². The lowest BCUT2D eigenvalue weighted by molar-refractivity contribution is -0.114. The molecule has 0 spiro atoms. The van der Waals surface area contributed by atoms with E-state index in [2.05, 4.69) is 49.1 Å². The molecule has 0 unspecified atom stereocenters. The molecule has 6 nitrogen and oxygen atoms in total. The van der Waals surface area contributed by atoms with E-state index in [0.717, 1.165) is 0 Å². The molecule has 0 radical (unpaired) electrons. The highest BCUT2D eigenvalue weighted by molar-refractivity contribution is 9.13. The van der Waals surface area contributed by atoms with Gasteiger partial charge in [0.2, 0.25) is 0 Å². The molecule has 1 aliphatic heterocycles. The molecule has 1 aromatic rings. The van der Waals surface area contributed by atoms with Crippen molar-refractivity contribution in [2.75, 3.05) is 13.7 Å². The normalized spacial score (nSPS) is 16.8. The molecule has 25 heavy (non-hydrogen) atoms. The highest BCUT2D eigenvalue weighted by Crippen LogP contribution is 2.46. The molecule has 0 aromatic heterocycles. The number of allylic oxidation sites excluding steroid dienone is 1. The van der Waals surface area contributed by atoms with Crippen LogP contribution in [0.15, 0.2) is 38.9 Å². The number of rotatable bonds is 6. The molecule has 0 aliphatic carbocycles. The molecular formula is C17H18Br2N2O4. The average Bonchev–Trinajstić information content (AvgIpc) is 2.54. The van der Waals surface area contributed by atoms with Crippen LogP contribution in [0.25, 0.3) is 0 Å². The molecule has 2 N–H and O–H groups in total. The number of hydrogen-bond donors (Lipinski definition) is 2. The smallest absolute Gasteiger partial charge is 0.319 e. The van der Waals surface area contributed by atoms with Crippen molar-refractivity contribution in [1.29, 1.82) is 0 Å². The van der Waals surface area contributed by atoms with Gasteiger partial charge in [0.25, 0.3) is 0 Å². The standard InChI is InChI=1S/C17H18Br2N2O4/c1-5-6-25-16-11(24-4)7-10(13(18)14(16)19)15-12(9(3)22)8(2)20-17(23)21-15/h5,7,15H,1,6H2,2-4H3,(H2,20,21,23)/t15-/m1/s1. The van der Waals surface area contributed by atoms with Gasteiger partial charge in [0, 0.05) is 15.7 Å². The van der Waals surface area contributed by atoms with Crippen LogP contribution in [0.3, 0.4) is 0 Å². The summed E-state index contributed by atoms with van der Waals surface area (Å²) >= 11 is 7.02. The van der Waals surface area contributed by atoms with Crippen LogP contribution in [-0.2, 0) is 4.79 Å². The van der Waals surface area contributed by atoms with E-state index in [9.17, 15) is 9.59 Å². The summed E-state index contributed by atoms with van der Waals surface area (Å²) in [5, 5.41) is 5.41. The lowest BCUT2D eigenvalue weighted by Gasteiger charge is -2.29. The Morgan fingerprint density at radius 1 is 1.40 bits per heavy atom. The second-order valence-corrected chi connectivity index (χ2v) is 6.94. The zero-order chi connectivity index (χ0) is 18.7. The molecule has 134 valence electrons. The van der Waals surface area contributed by atoms with Crippen LogP contribution in [0.4, 0.5) is 4.79 Å². The Hall–Kier alpha value is -1.80. The number of methoxy groups -OCH3 is 1. The van der Waals surface area contributed by atoms with Crippen LogP contribution >= 0.6 is 31.9 Å². The average molecular weight is 474 g/mol. The van der Waals surface area contributed by atoms with Crippen molar-refractivity contribution in [2.24, 2.45) is 0 Å². The van der Waals surface area contributed by atoms with Gasteiger partial charge in [-0.25, -0.2) is 4.79 Å². The molecular weight excluding hydrogens is 456 g/mol. The number of halogens is 2. The third-order valence-electron chi connectivity index (χ3n) is 3.68. The zero-order valence-electron chi connectivity index (χ0n) is 14.0. The van der Waals surface area contributed by atoms with E-state index < -0.39 is 6.04 Å². The minimum atomic E-state index is -0.612. The fraction of sp³-hybridized carbons (Fsp3) is 0.294. The molecule has 2 amide bonds. The van der Waals surface area contributed by atoms with Gasteiger partial charge < -0.3 is 20.1 Å². The van der Waals surface area contributed by atoms with E-state index in [1.54, 1.807) is 19.1 Å². The Morgan fingerprint density at radius 2 is 2.08 bits per heavy atom. The monoisotopic (exact) mass is 472 g/mol. The van der Waals surface area contributed by atoms with Gasteiger partial charge in [0.15, 0.2) is 17.3 Å². The Morgan fingerprint density at radius 3 is 2.64 bits per heavy atom. The Balaban J connectivity index is 2.63. The molecule has 8 heteroatoms. The summed E-state index contributed by atoms with van der Waals surface area (Å²) in [6.07, 6.45) is 1.63. The van der Waals surface area contributed by atoms with Crippen LogP contribution in [0, 0.1) is 0 Å². The van der Waals surface area contributed by atoms with Crippen molar-refractivity contribution >= 4 is 43.7 Å². The van der Waals surface area contributed by atoms with Gasteiger partial charge >= 0.3 is 6.03 Å². The van der Waals surface area contributed by atoms with Crippen molar-refractivity contribution in [3.05, 3.63) is 44.5 Å². The lowest BCUT2D eigenvalue weighted by atomic mass is 9.93. The molecule has 0 saturated heterocycles. The van der Waals surface area contributed by atoms with E-state index in [-0.39, 0.29) is 11.8 Å². The first-order valence-electron chi connectivity index (χ1n) is 7.40. The van der Waals surface area contributed by atoms with Gasteiger partial charge in [-0.15, -0.1) is 0 Å². The Labute approximate surface area is 162 Å². The number of carbonyl (C=O) groups is 2. The molecule has 1 atom stereocenters. The van der Waals surface area contributed by atoms with E-state index in [0.29, 0.717) is 43.9 Å². The second kappa shape index (κ2) is 8.05. The fourth-order valence-electron chi connectivity index (χ4n) is 2.64. The number of Topliss-reactive ketones (excluding diaryl/α,β-unsaturated/α-hetero) is 1. The summed E-state index contributed by atoms with van der Waals surface area (Å²) in [7, 11) is 1.52. The fourth-order valence-corrected chi connectivity index (χ4v) is 3.70. The van der Waals surface area contributed by atoms with Gasteiger partial charge in [-0.05, 0) is 57.3 Å². The maximum Gasteiger partial charge on any atom is 0.319 e. The van der Waals surface area contributed by atoms with Crippen molar-refractivity contribution in [3.8, 4) is 11.5 Å². The first-order valence-corrected chi connectivity index (χ1v) is 8.99. The summed E-state index contributed by atoms with van der Waals surface area (Å²) in [5.74, 6) is 0.840. The van der Waals surface area contributed by atoms with Crippen LogP contribution in [0.5, 0.6) is 11.5 Å². The summed E-state index contributed by atoms with van der Waals surface area (Å²) in [6.45, 7) is 7.10. The van der Waals surface area contributed by atoms with Crippen LogP contribution in [-0.4, -0.2) is 25.5 Å². The van der Waals surface area contributed by atoms with E-state index in [1.165, 1.54) is 14.0 Å². The number of ketones is 1. The predicted molar refractivity (Wildman–Crippen MR) is 102 cm³/mol. The van der Waals surface area contributed by atoms with Crippen LogP contribution in [0.1, 0.15) is 25.5 Å². The third kappa shape index (κ3) is 3.90. The topological polar surface area (TPSA) is 76.7 Å². The predicted octanol–water partition coefficient (Wildman–Crippen LogP) is 4.00. The van der Waals surface area contributed by atoms with Crippen molar-refractivity contribution in [1.82, 2.24) is 10.6 Å². The Kier molecular flexibility index (Phi) is 6.29. The summed E-state index contributed by atoms with van der Waals surface area (Å²) < 4.78 is 12.3. The SMILES string of the molecule is C=CCOc1c(OC)cc([C@H]2NC(=O)NC(C)=C2C(C)=O)c(Br)c1Br. The lowest BCUT2D eigenvalue weighted by Crippen LogP contribution is -2.44. The minimum Gasteiger partial charge on any atom is -0.493 e. The highest BCUT2D eigenvalue weighted by Gasteiger charge is 2.32. The number of nitrogens with one attached hydrogen (secondary N) is 2. The van der Waals surface area contributed by atoms with Crippen LogP contribution in [0.2, 0.25) is 0 Å². The minimum absolute atomic E-state index is 0.135. The second-order valence-electron chi connectivity index (χ2n) is 5.35. The van der Waals surface area contributed by atoms with Crippen LogP contribution < -0.4 is 20.1 Å². The van der Waals surface area contributed by atoms with E-state index >= 15 is 0 Å². The molecule has 0 fully saturated rings. The van der Waals surface area contributed by atoms with Crippen molar-refractivity contribution < 1.29 is 19.1 Å². The third-order valence-corrected chi connectivity index (χ3v) is 5.82. The Bertz CT molecular complexity index is 774. The first kappa shape index (κ1) is 19.5. The van der Waals surface area contributed by atoms with Gasteiger partial charge in [-0.1, -0.05) is 12.7 Å². The maximum atomic E-state index is 12.1. The molecule has 1 heterocycles. The van der Waals surface area contributed by atoms with Crippen molar-refractivity contribution in [3.63, 3.8) is 0 Å². The number of amides is 2. The quantitative estimate of drug-likeness (QED) is 0.612. The van der Waals surface area contributed by atoms with Gasteiger partial charge in [0.05, 0.1) is 17.6 Å². The van der Waals surface area contributed by atoms with E-state index in [1.807, 2.05) is 0 Å². The van der Waals surface area contributed by atoms with Gasteiger partial charge in [-0.3, -0.25) is 4.79 Å². The number of urea groups is 1. The summed E-state index contributed by atoms with van der Waals surface area (Å²) in [4.78, 5) is 24.0. The number of ether oxygens (including phenoxy) is 2.